The minimum absolute atomic E-state index is 0.172. The summed E-state index contributed by atoms with van der Waals surface area (Å²) >= 11 is 0. The van der Waals surface area contributed by atoms with Gasteiger partial charge in [-0.2, -0.15) is 13.2 Å². The fourth-order valence-corrected chi connectivity index (χ4v) is 4.26. The normalized spacial score (nSPS) is 21.5. The Morgan fingerprint density at radius 2 is 1.56 bits per heavy atom. The largest absolute Gasteiger partial charge is 0.416 e. The molecule has 32 heavy (non-hydrogen) atoms. The van der Waals surface area contributed by atoms with Gasteiger partial charge in [-0.05, 0) is 23.8 Å². The first-order chi connectivity index (χ1) is 15.2. The summed E-state index contributed by atoms with van der Waals surface area (Å²) in [6.07, 6.45) is -4.10. The topological polar surface area (TPSA) is 73.4 Å². The van der Waals surface area contributed by atoms with Gasteiger partial charge in [0.1, 0.15) is 0 Å². The Hall–Kier alpha value is -2.50. The van der Waals surface area contributed by atoms with Gasteiger partial charge in [-0.1, -0.05) is 0 Å². The Labute approximate surface area is 183 Å². The van der Waals surface area contributed by atoms with Crippen molar-refractivity contribution in [3.63, 3.8) is 0 Å². The van der Waals surface area contributed by atoms with E-state index in [9.17, 15) is 27.6 Å². The molecule has 3 aliphatic heterocycles. The van der Waals surface area contributed by atoms with Crippen molar-refractivity contribution in [2.24, 2.45) is 0 Å². The number of benzene rings is 1. The molecule has 8 nitrogen and oxygen atoms in total. The number of alkyl halides is 3. The van der Waals surface area contributed by atoms with Crippen LogP contribution >= 0.6 is 0 Å². The summed E-state index contributed by atoms with van der Waals surface area (Å²) in [6.45, 7) is 3.50. The SMILES string of the molecule is O=C(c1ccc(C(F)(F)F)cc1CN1CCN(N2C(=O)CCC2=O)CC1)N1CCOCC1. The molecule has 3 amide bonds. The number of ether oxygens (including phenoxy) is 1. The number of carbonyl (C=O) groups excluding carboxylic acids is 3. The van der Waals surface area contributed by atoms with Gasteiger partial charge in [-0.15, -0.1) is 0 Å². The maximum Gasteiger partial charge on any atom is 0.416 e. The molecule has 0 atom stereocenters. The lowest BCUT2D eigenvalue weighted by molar-refractivity contribution is -0.160. The van der Waals surface area contributed by atoms with E-state index in [4.69, 9.17) is 4.74 Å². The van der Waals surface area contributed by atoms with Gasteiger partial charge in [0.2, 0.25) is 11.8 Å². The van der Waals surface area contributed by atoms with Gasteiger partial charge in [0, 0.05) is 64.2 Å². The fourth-order valence-electron chi connectivity index (χ4n) is 4.26. The lowest BCUT2D eigenvalue weighted by Crippen LogP contribution is -2.55. The molecule has 0 spiro atoms. The van der Waals surface area contributed by atoms with Crippen LogP contribution in [0.4, 0.5) is 13.2 Å². The number of carbonyl (C=O) groups is 3. The fraction of sp³-hybridized carbons (Fsp3) is 0.571. The summed E-state index contributed by atoms with van der Waals surface area (Å²) < 4.78 is 45.3. The van der Waals surface area contributed by atoms with Gasteiger partial charge in [0.05, 0.1) is 18.8 Å². The maximum absolute atomic E-state index is 13.3. The predicted octanol–water partition coefficient (Wildman–Crippen LogP) is 1.36. The van der Waals surface area contributed by atoms with E-state index in [0.717, 1.165) is 12.1 Å². The van der Waals surface area contributed by atoms with E-state index >= 15 is 0 Å². The van der Waals surface area contributed by atoms with Crippen LogP contribution in [-0.2, 0) is 27.0 Å². The number of piperazine rings is 1. The molecular weight excluding hydrogens is 429 g/mol. The van der Waals surface area contributed by atoms with Crippen molar-refractivity contribution < 1.29 is 32.3 Å². The second-order valence-corrected chi connectivity index (χ2v) is 8.10. The Morgan fingerprint density at radius 1 is 0.938 bits per heavy atom. The summed E-state index contributed by atoms with van der Waals surface area (Å²) in [5.41, 5.74) is -0.219. The summed E-state index contributed by atoms with van der Waals surface area (Å²) in [4.78, 5) is 40.4. The highest BCUT2D eigenvalue weighted by atomic mass is 19.4. The van der Waals surface area contributed by atoms with Crippen molar-refractivity contribution in [1.29, 1.82) is 0 Å². The molecule has 3 fully saturated rings. The molecule has 0 aromatic heterocycles. The van der Waals surface area contributed by atoms with Crippen LogP contribution in [0, 0.1) is 0 Å². The van der Waals surface area contributed by atoms with E-state index in [1.165, 1.54) is 11.1 Å². The number of hydrogen-bond donors (Lipinski definition) is 0. The molecule has 1 aromatic carbocycles. The zero-order chi connectivity index (χ0) is 22.9. The highest BCUT2D eigenvalue weighted by molar-refractivity contribution is 6.01. The predicted molar refractivity (Wildman–Crippen MR) is 106 cm³/mol. The van der Waals surface area contributed by atoms with Crippen LogP contribution in [0.5, 0.6) is 0 Å². The van der Waals surface area contributed by atoms with E-state index < -0.39 is 11.7 Å². The Morgan fingerprint density at radius 3 is 2.16 bits per heavy atom. The first kappa shape index (κ1) is 22.7. The minimum atomic E-state index is -4.51. The number of amides is 3. The van der Waals surface area contributed by atoms with Crippen molar-refractivity contribution in [2.75, 3.05) is 52.5 Å². The first-order valence-corrected chi connectivity index (χ1v) is 10.6. The lowest BCUT2D eigenvalue weighted by Gasteiger charge is -2.38. The third kappa shape index (κ3) is 4.79. The summed E-state index contributed by atoms with van der Waals surface area (Å²) in [5, 5.41) is 2.88. The van der Waals surface area contributed by atoms with E-state index in [0.29, 0.717) is 58.0 Å². The zero-order valence-corrected chi connectivity index (χ0v) is 17.6. The van der Waals surface area contributed by atoms with Crippen LogP contribution in [0.1, 0.15) is 34.3 Å². The minimum Gasteiger partial charge on any atom is -0.378 e. The second kappa shape index (κ2) is 9.16. The van der Waals surface area contributed by atoms with Crippen molar-refractivity contribution in [2.45, 2.75) is 25.6 Å². The molecule has 11 heteroatoms. The van der Waals surface area contributed by atoms with Gasteiger partial charge in [-0.3, -0.25) is 19.3 Å². The van der Waals surface area contributed by atoms with Crippen LogP contribution in [-0.4, -0.2) is 90.0 Å². The van der Waals surface area contributed by atoms with Gasteiger partial charge < -0.3 is 9.64 Å². The standard InChI is InChI=1S/C21H25F3N4O4/c22-21(23,24)16-1-2-17(20(31)26-9-11-32-12-10-26)15(13-16)14-25-5-7-27(8-6-25)28-18(29)3-4-19(28)30/h1-2,13H,3-12,14H2. The number of hydrazine groups is 1. The number of halogens is 3. The molecule has 3 saturated heterocycles. The number of imide groups is 1. The van der Waals surface area contributed by atoms with Gasteiger partial charge in [0.25, 0.3) is 5.91 Å². The van der Waals surface area contributed by atoms with Crippen molar-refractivity contribution in [1.82, 2.24) is 19.8 Å². The third-order valence-corrected chi connectivity index (χ3v) is 6.01. The quantitative estimate of drug-likeness (QED) is 0.640. The van der Waals surface area contributed by atoms with E-state index in [1.807, 2.05) is 4.90 Å². The highest BCUT2D eigenvalue weighted by Gasteiger charge is 2.36. The summed E-state index contributed by atoms with van der Waals surface area (Å²) in [7, 11) is 0. The average Bonchev–Trinajstić information content (AvgIpc) is 3.12. The summed E-state index contributed by atoms with van der Waals surface area (Å²) in [5.74, 6) is -0.747. The van der Waals surface area contributed by atoms with Crippen LogP contribution < -0.4 is 0 Å². The molecule has 0 N–H and O–H groups in total. The first-order valence-electron chi connectivity index (χ1n) is 10.6. The number of rotatable bonds is 4. The highest BCUT2D eigenvalue weighted by Crippen LogP contribution is 2.31. The second-order valence-electron chi connectivity index (χ2n) is 8.10. The van der Waals surface area contributed by atoms with E-state index in [-0.39, 0.29) is 42.7 Å². The molecule has 4 rings (SSSR count). The molecular formula is C21H25F3N4O4. The number of nitrogens with zero attached hydrogens (tertiary/aromatic N) is 4. The molecule has 174 valence electrons. The smallest absolute Gasteiger partial charge is 0.378 e. The van der Waals surface area contributed by atoms with Crippen LogP contribution in [0.3, 0.4) is 0 Å². The van der Waals surface area contributed by atoms with Gasteiger partial charge in [0.15, 0.2) is 0 Å². The molecule has 0 radical (unpaired) electrons. The molecule has 3 aliphatic rings. The van der Waals surface area contributed by atoms with Gasteiger partial charge in [-0.25, -0.2) is 10.0 Å². The van der Waals surface area contributed by atoms with Crippen molar-refractivity contribution >= 4 is 17.7 Å². The maximum atomic E-state index is 13.3. The molecule has 3 heterocycles. The number of morpholine rings is 1. The van der Waals surface area contributed by atoms with Crippen LogP contribution in [0.15, 0.2) is 18.2 Å². The van der Waals surface area contributed by atoms with Crippen LogP contribution in [0.25, 0.3) is 0 Å². The zero-order valence-electron chi connectivity index (χ0n) is 17.6. The number of hydrogen-bond acceptors (Lipinski definition) is 6. The molecule has 1 aromatic rings. The Kier molecular flexibility index (Phi) is 6.50. The van der Waals surface area contributed by atoms with Crippen molar-refractivity contribution in [3.05, 3.63) is 34.9 Å². The monoisotopic (exact) mass is 454 g/mol. The summed E-state index contributed by atoms with van der Waals surface area (Å²) in [6, 6.07) is 3.25. The average molecular weight is 454 g/mol. The Balaban J connectivity index is 1.49. The Bertz CT molecular complexity index is 878. The lowest BCUT2D eigenvalue weighted by atomic mass is 10.0. The van der Waals surface area contributed by atoms with E-state index in [1.54, 1.807) is 9.91 Å². The molecule has 0 aliphatic carbocycles. The molecule has 0 unspecified atom stereocenters. The van der Waals surface area contributed by atoms with Crippen molar-refractivity contribution in [3.8, 4) is 0 Å². The molecule has 0 bridgehead atoms. The third-order valence-electron chi connectivity index (χ3n) is 6.01. The van der Waals surface area contributed by atoms with Crippen LogP contribution in [0.2, 0.25) is 0 Å². The van der Waals surface area contributed by atoms with E-state index in [2.05, 4.69) is 0 Å². The van der Waals surface area contributed by atoms with Gasteiger partial charge >= 0.3 is 6.18 Å². The molecule has 0 saturated carbocycles.